The molecular weight excluding hydrogens is 301 g/mol. The summed E-state index contributed by atoms with van der Waals surface area (Å²) in [4.78, 5) is 22.6. The van der Waals surface area contributed by atoms with E-state index in [-0.39, 0.29) is 11.9 Å². The first-order valence-electron chi connectivity index (χ1n) is 6.36. The molecule has 20 heavy (non-hydrogen) atoms. The van der Waals surface area contributed by atoms with E-state index in [0.717, 1.165) is 5.56 Å². The van der Waals surface area contributed by atoms with Crippen LogP contribution in [0.25, 0.3) is 0 Å². The predicted octanol–water partition coefficient (Wildman–Crippen LogP) is 2.76. The molecule has 0 saturated heterocycles. The summed E-state index contributed by atoms with van der Waals surface area (Å²) >= 11 is 12.1. The van der Waals surface area contributed by atoms with Crippen molar-refractivity contribution in [3.8, 4) is 0 Å². The molecule has 1 aromatic rings. The quantitative estimate of drug-likeness (QED) is 0.878. The van der Waals surface area contributed by atoms with Crippen LogP contribution < -0.4 is 5.32 Å². The van der Waals surface area contributed by atoms with Gasteiger partial charge in [-0.05, 0) is 37.5 Å². The molecule has 1 fully saturated rings. The highest BCUT2D eigenvalue weighted by molar-refractivity contribution is 6.36. The van der Waals surface area contributed by atoms with E-state index in [1.807, 2.05) is 6.92 Å². The van der Waals surface area contributed by atoms with Gasteiger partial charge in [-0.15, -0.1) is 0 Å². The lowest BCUT2D eigenvalue weighted by Crippen LogP contribution is -2.36. The number of aliphatic carboxylic acids is 1. The second kappa shape index (κ2) is 6.02. The Balaban J connectivity index is 1.92. The molecule has 4 nitrogen and oxygen atoms in total. The van der Waals surface area contributed by atoms with Gasteiger partial charge in [0.1, 0.15) is 0 Å². The van der Waals surface area contributed by atoms with Crippen molar-refractivity contribution in [3.63, 3.8) is 0 Å². The number of nitrogens with one attached hydrogen (secondary N) is 1. The lowest BCUT2D eigenvalue weighted by Gasteiger charge is -2.15. The minimum absolute atomic E-state index is 0.157. The molecule has 0 bridgehead atoms. The Morgan fingerprint density at radius 1 is 1.35 bits per heavy atom. The lowest BCUT2D eigenvalue weighted by atomic mass is 10.1. The van der Waals surface area contributed by atoms with Gasteiger partial charge in [0.05, 0.1) is 11.8 Å². The van der Waals surface area contributed by atoms with Crippen LogP contribution >= 0.6 is 23.2 Å². The van der Waals surface area contributed by atoms with Crippen LogP contribution in [0.5, 0.6) is 0 Å². The van der Waals surface area contributed by atoms with Crippen LogP contribution in [-0.2, 0) is 16.0 Å². The van der Waals surface area contributed by atoms with Gasteiger partial charge in [-0.25, -0.2) is 0 Å². The van der Waals surface area contributed by atoms with Crippen LogP contribution in [0.1, 0.15) is 18.9 Å². The van der Waals surface area contributed by atoms with Crippen LogP contribution in [0, 0.1) is 11.8 Å². The summed E-state index contributed by atoms with van der Waals surface area (Å²) < 4.78 is 0. The smallest absolute Gasteiger partial charge is 0.307 e. The number of hydrogen-bond acceptors (Lipinski definition) is 2. The molecule has 1 aliphatic rings. The van der Waals surface area contributed by atoms with Gasteiger partial charge in [-0.2, -0.15) is 0 Å². The van der Waals surface area contributed by atoms with Gasteiger partial charge in [0, 0.05) is 16.1 Å². The number of amides is 1. The van der Waals surface area contributed by atoms with Gasteiger partial charge < -0.3 is 10.4 Å². The van der Waals surface area contributed by atoms with Crippen LogP contribution in [0.4, 0.5) is 0 Å². The van der Waals surface area contributed by atoms with Crippen molar-refractivity contribution in [1.29, 1.82) is 0 Å². The minimum atomic E-state index is -0.910. The Hall–Kier alpha value is -1.26. The monoisotopic (exact) mass is 315 g/mol. The fourth-order valence-electron chi connectivity index (χ4n) is 2.19. The first-order chi connectivity index (χ1) is 9.40. The summed E-state index contributed by atoms with van der Waals surface area (Å²) in [6.07, 6.45) is 0.926. The number of carboxylic acids is 1. The van der Waals surface area contributed by atoms with E-state index in [0.29, 0.717) is 22.9 Å². The van der Waals surface area contributed by atoms with E-state index in [1.54, 1.807) is 18.2 Å². The zero-order chi connectivity index (χ0) is 14.9. The maximum atomic E-state index is 11.9. The molecule has 3 unspecified atom stereocenters. The molecule has 0 aliphatic heterocycles. The van der Waals surface area contributed by atoms with Crippen molar-refractivity contribution in [2.45, 2.75) is 25.8 Å². The van der Waals surface area contributed by atoms with Crippen LogP contribution in [-0.4, -0.2) is 23.0 Å². The molecule has 6 heteroatoms. The standard InChI is InChI=1S/C14H15Cl2NO3/c1-7(5-10-11(15)3-2-4-12(10)16)17-13(18)8-6-9(8)14(19)20/h2-4,7-9H,5-6H2,1H3,(H,17,18)(H,19,20). The highest BCUT2D eigenvalue weighted by Crippen LogP contribution is 2.38. The highest BCUT2D eigenvalue weighted by Gasteiger charge is 2.48. The number of carbonyl (C=O) groups excluding carboxylic acids is 1. The van der Waals surface area contributed by atoms with Crippen molar-refractivity contribution in [2.75, 3.05) is 0 Å². The molecule has 1 aromatic carbocycles. The Kier molecular flexibility index (Phi) is 4.55. The van der Waals surface area contributed by atoms with Crippen molar-refractivity contribution in [1.82, 2.24) is 5.32 Å². The normalized spacial score (nSPS) is 22.1. The van der Waals surface area contributed by atoms with E-state index in [4.69, 9.17) is 28.3 Å². The molecule has 1 amide bonds. The second-order valence-electron chi connectivity index (χ2n) is 5.10. The van der Waals surface area contributed by atoms with Gasteiger partial charge in [0.15, 0.2) is 0 Å². The van der Waals surface area contributed by atoms with Crippen LogP contribution in [0.3, 0.4) is 0 Å². The molecular formula is C14H15Cl2NO3. The SMILES string of the molecule is CC(Cc1c(Cl)cccc1Cl)NC(=O)C1CC1C(=O)O. The number of carbonyl (C=O) groups is 2. The second-order valence-corrected chi connectivity index (χ2v) is 5.92. The summed E-state index contributed by atoms with van der Waals surface area (Å²) in [7, 11) is 0. The third-order valence-corrected chi connectivity index (χ3v) is 4.11. The maximum Gasteiger partial charge on any atom is 0.307 e. The van der Waals surface area contributed by atoms with Gasteiger partial charge in [-0.1, -0.05) is 29.3 Å². The van der Waals surface area contributed by atoms with Crippen LogP contribution in [0.15, 0.2) is 18.2 Å². The first-order valence-corrected chi connectivity index (χ1v) is 7.11. The van der Waals surface area contributed by atoms with Crippen LogP contribution in [0.2, 0.25) is 10.0 Å². The Bertz CT molecular complexity index is 527. The average Bonchev–Trinajstić information content (AvgIpc) is 3.14. The molecule has 2 N–H and O–H groups in total. The molecule has 2 rings (SSSR count). The predicted molar refractivity (Wildman–Crippen MR) is 77.0 cm³/mol. The molecule has 0 radical (unpaired) electrons. The van der Waals surface area contributed by atoms with E-state index in [2.05, 4.69) is 5.32 Å². The third kappa shape index (κ3) is 3.44. The molecule has 0 spiro atoms. The molecule has 0 heterocycles. The van der Waals surface area contributed by atoms with Gasteiger partial charge in [-0.3, -0.25) is 9.59 Å². The third-order valence-electron chi connectivity index (χ3n) is 3.41. The van der Waals surface area contributed by atoms with Gasteiger partial charge in [0.2, 0.25) is 5.91 Å². The topological polar surface area (TPSA) is 66.4 Å². The number of rotatable bonds is 5. The number of halogens is 2. The largest absolute Gasteiger partial charge is 0.481 e. The molecule has 0 aromatic heterocycles. The average molecular weight is 316 g/mol. The van der Waals surface area contributed by atoms with E-state index >= 15 is 0 Å². The highest BCUT2D eigenvalue weighted by atomic mass is 35.5. The first kappa shape index (κ1) is 15.1. The zero-order valence-corrected chi connectivity index (χ0v) is 12.4. The Morgan fingerprint density at radius 3 is 2.45 bits per heavy atom. The molecule has 3 atom stereocenters. The summed E-state index contributed by atoms with van der Waals surface area (Å²) in [5, 5.41) is 12.7. The Labute approximate surface area is 127 Å². The fraction of sp³-hybridized carbons (Fsp3) is 0.429. The van der Waals surface area contributed by atoms with Gasteiger partial charge >= 0.3 is 5.97 Å². The van der Waals surface area contributed by atoms with E-state index in [1.165, 1.54) is 0 Å². The van der Waals surface area contributed by atoms with Crippen molar-refractivity contribution in [3.05, 3.63) is 33.8 Å². The van der Waals surface area contributed by atoms with E-state index < -0.39 is 17.8 Å². The van der Waals surface area contributed by atoms with Crippen molar-refractivity contribution < 1.29 is 14.7 Å². The fourth-order valence-corrected chi connectivity index (χ4v) is 2.74. The summed E-state index contributed by atoms with van der Waals surface area (Å²) in [5.41, 5.74) is 0.786. The summed E-state index contributed by atoms with van der Waals surface area (Å²) in [5.74, 6) is -2.07. The molecule has 1 saturated carbocycles. The molecule has 1 aliphatic carbocycles. The number of hydrogen-bond donors (Lipinski definition) is 2. The Morgan fingerprint density at radius 2 is 1.95 bits per heavy atom. The van der Waals surface area contributed by atoms with Crippen molar-refractivity contribution in [2.24, 2.45) is 11.8 Å². The van der Waals surface area contributed by atoms with Gasteiger partial charge in [0.25, 0.3) is 0 Å². The zero-order valence-electron chi connectivity index (χ0n) is 10.9. The maximum absolute atomic E-state index is 11.9. The summed E-state index contributed by atoms with van der Waals surface area (Å²) in [6, 6.07) is 5.10. The van der Waals surface area contributed by atoms with Crippen molar-refractivity contribution >= 4 is 35.1 Å². The molecule has 108 valence electrons. The minimum Gasteiger partial charge on any atom is -0.481 e. The van der Waals surface area contributed by atoms with E-state index in [9.17, 15) is 9.59 Å². The number of carboxylic acid groups (broad SMARTS) is 1. The summed E-state index contributed by atoms with van der Waals surface area (Å²) in [6.45, 7) is 1.84. The number of benzene rings is 1. The lowest BCUT2D eigenvalue weighted by molar-refractivity contribution is -0.140.